The van der Waals surface area contributed by atoms with E-state index in [2.05, 4.69) is 22.5 Å². The summed E-state index contributed by atoms with van der Waals surface area (Å²) in [5, 5.41) is 6.38. The Hall–Kier alpha value is -0.530. The number of nitrogens with zero attached hydrogens (tertiary/aromatic N) is 2. The average molecular weight is 450 g/mol. The molecule has 1 aliphatic heterocycles. The Morgan fingerprint density at radius 3 is 2.21 bits per heavy atom. The number of likely N-dealkylation sites (tertiary alicyclic amines) is 1. The third kappa shape index (κ3) is 6.08. The lowest BCUT2D eigenvalue weighted by Gasteiger charge is -2.22. The number of hydrogen-bond donors (Lipinski definition) is 2. The molecule has 2 aliphatic rings. The van der Waals surface area contributed by atoms with E-state index in [1.54, 1.807) is 0 Å². The van der Waals surface area contributed by atoms with Crippen molar-refractivity contribution in [3.63, 3.8) is 0 Å². The quantitative estimate of drug-likeness (QED) is 0.300. The van der Waals surface area contributed by atoms with Crippen LogP contribution >= 0.6 is 24.0 Å². The van der Waals surface area contributed by atoms with Gasteiger partial charge in [0.15, 0.2) is 5.96 Å². The number of hydrogen-bond acceptors (Lipinski definition) is 2. The van der Waals surface area contributed by atoms with Crippen molar-refractivity contribution in [3.8, 4) is 0 Å². The molecule has 2 atom stereocenters. The first-order valence-corrected chi connectivity index (χ1v) is 9.23. The third-order valence-corrected chi connectivity index (χ3v) is 4.95. The van der Waals surface area contributed by atoms with Crippen LogP contribution in [0.2, 0.25) is 0 Å². The van der Waals surface area contributed by atoms with Crippen LogP contribution in [-0.2, 0) is 4.79 Å². The van der Waals surface area contributed by atoms with E-state index < -0.39 is 0 Å². The van der Waals surface area contributed by atoms with Gasteiger partial charge in [-0.25, -0.2) is 0 Å². The molecule has 1 saturated heterocycles. The summed E-state index contributed by atoms with van der Waals surface area (Å²) in [4.78, 5) is 19.0. The second-order valence-corrected chi connectivity index (χ2v) is 7.95. The summed E-state index contributed by atoms with van der Waals surface area (Å²) in [5.41, 5.74) is -0.334. The van der Waals surface area contributed by atoms with Crippen molar-refractivity contribution >= 4 is 35.8 Å². The van der Waals surface area contributed by atoms with E-state index in [1.165, 1.54) is 25.7 Å². The molecule has 2 rings (SSSR count). The normalized spacial score (nSPS) is 24.2. The van der Waals surface area contributed by atoms with Gasteiger partial charge < -0.3 is 15.5 Å². The Balaban J connectivity index is 0.00000288. The van der Waals surface area contributed by atoms with Crippen molar-refractivity contribution in [1.82, 2.24) is 15.5 Å². The van der Waals surface area contributed by atoms with Gasteiger partial charge in [-0.3, -0.25) is 9.79 Å². The number of carbonyl (C=O) groups excluding carboxylic acids is 1. The van der Waals surface area contributed by atoms with Gasteiger partial charge in [-0.2, -0.15) is 0 Å². The molecule has 2 N–H and O–H groups in total. The number of aliphatic imine (C=N–C) groups is 1. The molecule has 0 aromatic rings. The van der Waals surface area contributed by atoms with Crippen LogP contribution in [0.15, 0.2) is 4.99 Å². The summed E-state index contributed by atoms with van der Waals surface area (Å²) in [6.07, 6.45) is 5.54. The van der Waals surface area contributed by atoms with Crippen LogP contribution in [0.25, 0.3) is 0 Å². The first-order chi connectivity index (χ1) is 10.9. The molecule has 1 heterocycles. The van der Waals surface area contributed by atoms with Gasteiger partial charge in [-0.15, -0.1) is 24.0 Å². The Kier molecular flexibility index (Phi) is 8.81. The highest BCUT2D eigenvalue weighted by Gasteiger charge is 2.35. The molecule has 0 aromatic carbocycles. The fourth-order valence-electron chi connectivity index (χ4n) is 3.60. The van der Waals surface area contributed by atoms with Crippen LogP contribution in [0.5, 0.6) is 0 Å². The highest BCUT2D eigenvalue weighted by atomic mass is 127. The SMILES string of the molecule is CCNC(=NCCNC(=O)C(C)(C)C)N1CC2CCCCC2C1.I. The van der Waals surface area contributed by atoms with Gasteiger partial charge in [0.05, 0.1) is 6.54 Å². The molecule has 1 saturated carbocycles. The number of halogens is 1. The fraction of sp³-hybridized carbons (Fsp3) is 0.889. The minimum atomic E-state index is -0.334. The lowest BCUT2D eigenvalue weighted by atomic mass is 9.82. The van der Waals surface area contributed by atoms with Crippen LogP contribution in [0.3, 0.4) is 0 Å². The molecule has 2 fully saturated rings. The van der Waals surface area contributed by atoms with Crippen molar-refractivity contribution in [2.24, 2.45) is 22.2 Å². The summed E-state index contributed by atoms with van der Waals surface area (Å²) >= 11 is 0. The van der Waals surface area contributed by atoms with Gasteiger partial charge in [-0.05, 0) is 31.6 Å². The summed E-state index contributed by atoms with van der Waals surface area (Å²) in [5.74, 6) is 2.82. The van der Waals surface area contributed by atoms with Crippen molar-refractivity contribution in [2.45, 2.75) is 53.4 Å². The van der Waals surface area contributed by atoms with E-state index in [1.807, 2.05) is 20.8 Å². The molecule has 24 heavy (non-hydrogen) atoms. The highest BCUT2D eigenvalue weighted by Crippen LogP contribution is 2.35. The van der Waals surface area contributed by atoms with E-state index >= 15 is 0 Å². The van der Waals surface area contributed by atoms with Crippen molar-refractivity contribution in [1.29, 1.82) is 0 Å². The number of carbonyl (C=O) groups is 1. The van der Waals surface area contributed by atoms with Crippen LogP contribution in [0, 0.1) is 17.3 Å². The zero-order valence-electron chi connectivity index (χ0n) is 15.7. The van der Waals surface area contributed by atoms with E-state index in [0.717, 1.165) is 37.4 Å². The molecule has 5 nitrogen and oxygen atoms in total. The minimum Gasteiger partial charge on any atom is -0.357 e. The molecule has 140 valence electrons. The van der Waals surface area contributed by atoms with Crippen LogP contribution in [0.1, 0.15) is 53.4 Å². The summed E-state index contributed by atoms with van der Waals surface area (Å²) in [7, 11) is 0. The van der Waals surface area contributed by atoms with E-state index in [0.29, 0.717) is 13.1 Å². The average Bonchev–Trinajstić information content (AvgIpc) is 2.93. The van der Waals surface area contributed by atoms with Crippen LogP contribution in [0.4, 0.5) is 0 Å². The Morgan fingerprint density at radius 1 is 1.12 bits per heavy atom. The van der Waals surface area contributed by atoms with E-state index in [9.17, 15) is 4.79 Å². The standard InChI is InChI=1S/C18H34N4O.HI/c1-5-19-17(21-11-10-20-16(23)18(2,3)4)22-12-14-8-6-7-9-15(14)13-22;/h14-15H,5-13H2,1-4H3,(H,19,21)(H,20,23);1H. The second kappa shape index (κ2) is 9.82. The first kappa shape index (κ1) is 21.5. The lowest BCUT2D eigenvalue weighted by molar-refractivity contribution is -0.128. The van der Waals surface area contributed by atoms with Gasteiger partial charge in [0.25, 0.3) is 0 Å². The maximum atomic E-state index is 11.9. The number of fused-ring (bicyclic) bond motifs is 1. The topological polar surface area (TPSA) is 56.7 Å². The monoisotopic (exact) mass is 450 g/mol. The Morgan fingerprint density at radius 2 is 1.71 bits per heavy atom. The van der Waals surface area contributed by atoms with Gasteiger partial charge in [0, 0.05) is 31.6 Å². The number of rotatable bonds is 4. The van der Waals surface area contributed by atoms with Gasteiger partial charge in [-0.1, -0.05) is 33.6 Å². The number of amides is 1. The predicted octanol–water partition coefficient (Wildman–Crippen LogP) is 2.85. The highest BCUT2D eigenvalue weighted by molar-refractivity contribution is 14.0. The Labute approximate surface area is 164 Å². The molecule has 0 spiro atoms. The zero-order chi connectivity index (χ0) is 16.9. The molecule has 1 amide bonds. The van der Waals surface area contributed by atoms with Gasteiger partial charge >= 0.3 is 0 Å². The van der Waals surface area contributed by atoms with Crippen molar-refractivity contribution in [2.75, 3.05) is 32.7 Å². The maximum absolute atomic E-state index is 11.9. The second-order valence-electron chi connectivity index (χ2n) is 7.95. The first-order valence-electron chi connectivity index (χ1n) is 9.23. The lowest BCUT2D eigenvalue weighted by Crippen LogP contribution is -2.41. The predicted molar refractivity (Wildman–Crippen MR) is 111 cm³/mol. The van der Waals surface area contributed by atoms with Crippen molar-refractivity contribution in [3.05, 3.63) is 0 Å². The Bertz CT molecular complexity index is 419. The minimum absolute atomic E-state index is 0. The van der Waals surface area contributed by atoms with Gasteiger partial charge in [0.2, 0.25) is 5.91 Å². The maximum Gasteiger partial charge on any atom is 0.225 e. The zero-order valence-corrected chi connectivity index (χ0v) is 18.1. The third-order valence-electron chi connectivity index (χ3n) is 4.95. The largest absolute Gasteiger partial charge is 0.357 e. The fourth-order valence-corrected chi connectivity index (χ4v) is 3.60. The number of guanidine groups is 1. The molecule has 0 radical (unpaired) electrons. The number of nitrogens with one attached hydrogen (secondary N) is 2. The molecule has 0 aromatic heterocycles. The summed E-state index contributed by atoms with van der Waals surface area (Å²) < 4.78 is 0. The molecule has 6 heteroatoms. The smallest absolute Gasteiger partial charge is 0.225 e. The summed E-state index contributed by atoms with van der Waals surface area (Å²) in [6.45, 7) is 12.3. The van der Waals surface area contributed by atoms with Gasteiger partial charge in [0.1, 0.15) is 0 Å². The van der Waals surface area contributed by atoms with Crippen molar-refractivity contribution < 1.29 is 4.79 Å². The molecular formula is C18H35IN4O. The molecule has 0 bridgehead atoms. The van der Waals surface area contributed by atoms with E-state index in [4.69, 9.17) is 4.99 Å². The molecule has 2 unspecified atom stereocenters. The molecular weight excluding hydrogens is 415 g/mol. The van der Waals surface area contributed by atoms with Crippen LogP contribution in [-0.4, -0.2) is 49.5 Å². The summed E-state index contributed by atoms with van der Waals surface area (Å²) in [6, 6.07) is 0. The molecule has 1 aliphatic carbocycles. The van der Waals surface area contributed by atoms with Crippen LogP contribution < -0.4 is 10.6 Å². The van der Waals surface area contributed by atoms with E-state index in [-0.39, 0.29) is 35.3 Å².